The fourth-order valence-corrected chi connectivity index (χ4v) is 1.43. The number of halogens is 1. The Labute approximate surface area is 84.4 Å². The van der Waals surface area contributed by atoms with Gasteiger partial charge in [-0.2, -0.15) is 0 Å². The van der Waals surface area contributed by atoms with Gasteiger partial charge in [0.2, 0.25) is 0 Å². The number of nitrogens with two attached hydrogens (primary N) is 1. The molecular weight excluding hydrogens is 177 g/mol. The van der Waals surface area contributed by atoms with Crippen LogP contribution >= 0.6 is 0 Å². The molecule has 0 saturated heterocycles. The molecule has 14 heavy (non-hydrogen) atoms. The van der Waals surface area contributed by atoms with E-state index >= 15 is 0 Å². The second-order valence-corrected chi connectivity index (χ2v) is 3.79. The predicted molar refractivity (Wildman–Crippen MR) is 57.5 cm³/mol. The van der Waals surface area contributed by atoms with Crippen LogP contribution in [0.2, 0.25) is 0 Å². The molecular formula is C12H16FN. The topological polar surface area (TPSA) is 26.0 Å². The average Bonchev–Trinajstić information content (AvgIpc) is 2.08. The lowest BCUT2D eigenvalue weighted by atomic mass is 9.99. The molecule has 0 bridgehead atoms. The quantitative estimate of drug-likeness (QED) is 0.733. The minimum absolute atomic E-state index is 0.232. The summed E-state index contributed by atoms with van der Waals surface area (Å²) >= 11 is 0. The van der Waals surface area contributed by atoms with Gasteiger partial charge in [0.15, 0.2) is 0 Å². The lowest BCUT2D eigenvalue weighted by Gasteiger charge is -2.13. The van der Waals surface area contributed by atoms with E-state index in [0.29, 0.717) is 12.0 Å². The second-order valence-electron chi connectivity index (χ2n) is 3.79. The van der Waals surface area contributed by atoms with Crippen LogP contribution in [-0.2, 0) is 0 Å². The molecule has 2 N–H and O–H groups in total. The molecule has 0 aliphatic rings. The molecule has 1 aromatic rings. The molecule has 76 valence electrons. The standard InChI is InChI=1S/C12H16FN/c1-8(2)6-12(14)10-7-9(3)4-5-11(10)13/h4-5,7,12H,1,6,14H2,2-3H3/t12-/m0/s1. The van der Waals surface area contributed by atoms with Gasteiger partial charge in [-0.05, 0) is 26.3 Å². The van der Waals surface area contributed by atoms with E-state index in [-0.39, 0.29) is 11.9 Å². The molecule has 0 amide bonds. The van der Waals surface area contributed by atoms with Gasteiger partial charge >= 0.3 is 0 Å². The smallest absolute Gasteiger partial charge is 0.128 e. The summed E-state index contributed by atoms with van der Waals surface area (Å²) in [6.45, 7) is 7.59. The van der Waals surface area contributed by atoms with E-state index in [2.05, 4.69) is 6.58 Å². The first-order valence-electron chi connectivity index (χ1n) is 4.66. The van der Waals surface area contributed by atoms with E-state index in [4.69, 9.17) is 5.73 Å². The highest BCUT2D eigenvalue weighted by atomic mass is 19.1. The normalized spacial score (nSPS) is 12.6. The molecule has 1 nitrogen and oxygen atoms in total. The Morgan fingerprint density at radius 3 is 2.79 bits per heavy atom. The molecule has 0 fully saturated rings. The highest BCUT2D eigenvalue weighted by Gasteiger charge is 2.11. The van der Waals surface area contributed by atoms with Crippen LogP contribution in [0.25, 0.3) is 0 Å². The summed E-state index contributed by atoms with van der Waals surface area (Å²) in [5.74, 6) is -0.232. The van der Waals surface area contributed by atoms with Crippen LogP contribution < -0.4 is 5.73 Å². The van der Waals surface area contributed by atoms with Crippen molar-refractivity contribution in [1.82, 2.24) is 0 Å². The summed E-state index contributed by atoms with van der Waals surface area (Å²) in [4.78, 5) is 0. The second kappa shape index (κ2) is 4.38. The Balaban J connectivity index is 2.93. The summed E-state index contributed by atoms with van der Waals surface area (Å²) in [7, 11) is 0. The van der Waals surface area contributed by atoms with Gasteiger partial charge in [-0.15, -0.1) is 6.58 Å². The maximum Gasteiger partial charge on any atom is 0.128 e. The van der Waals surface area contributed by atoms with Crippen molar-refractivity contribution in [2.24, 2.45) is 5.73 Å². The van der Waals surface area contributed by atoms with E-state index in [1.165, 1.54) is 6.07 Å². The van der Waals surface area contributed by atoms with Gasteiger partial charge in [-0.3, -0.25) is 0 Å². The Morgan fingerprint density at radius 2 is 2.21 bits per heavy atom. The summed E-state index contributed by atoms with van der Waals surface area (Å²) in [6.07, 6.45) is 0.625. The Kier molecular flexibility index (Phi) is 3.42. The van der Waals surface area contributed by atoms with E-state index in [9.17, 15) is 4.39 Å². The van der Waals surface area contributed by atoms with Crippen LogP contribution in [0.3, 0.4) is 0 Å². The van der Waals surface area contributed by atoms with Crippen molar-refractivity contribution in [3.8, 4) is 0 Å². The first-order chi connectivity index (χ1) is 6.50. The third kappa shape index (κ3) is 2.67. The van der Waals surface area contributed by atoms with Crippen molar-refractivity contribution in [1.29, 1.82) is 0 Å². The molecule has 2 heteroatoms. The third-order valence-electron chi connectivity index (χ3n) is 2.12. The van der Waals surface area contributed by atoms with Crippen molar-refractivity contribution < 1.29 is 4.39 Å². The van der Waals surface area contributed by atoms with E-state index < -0.39 is 0 Å². The lowest BCUT2D eigenvalue weighted by molar-refractivity contribution is 0.579. The van der Waals surface area contributed by atoms with Gasteiger partial charge in [0, 0.05) is 11.6 Å². The largest absolute Gasteiger partial charge is 0.324 e. The zero-order valence-electron chi connectivity index (χ0n) is 8.68. The number of aryl methyl sites for hydroxylation is 1. The van der Waals surface area contributed by atoms with E-state index in [1.54, 1.807) is 12.1 Å². The molecule has 0 radical (unpaired) electrons. The zero-order chi connectivity index (χ0) is 10.7. The van der Waals surface area contributed by atoms with E-state index in [0.717, 1.165) is 11.1 Å². The van der Waals surface area contributed by atoms with Crippen LogP contribution in [0, 0.1) is 12.7 Å². The summed E-state index contributed by atoms with van der Waals surface area (Å²) in [5, 5.41) is 0. The van der Waals surface area contributed by atoms with Gasteiger partial charge in [-0.25, -0.2) is 4.39 Å². The summed E-state index contributed by atoms with van der Waals surface area (Å²) in [6, 6.07) is 4.71. The predicted octanol–water partition coefficient (Wildman–Crippen LogP) is 3.10. The minimum Gasteiger partial charge on any atom is -0.324 e. The zero-order valence-corrected chi connectivity index (χ0v) is 8.68. The van der Waals surface area contributed by atoms with Crippen molar-refractivity contribution in [2.75, 3.05) is 0 Å². The molecule has 1 atom stereocenters. The van der Waals surface area contributed by atoms with Gasteiger partial charge < -0.3 is 5.73 Å². The van der Waals surface area contributed by atoms with Crippen LogP contribution in [0.5, 0.6) is 0 Å². The Morgan fingerprint density at radius 1 is 1.57 bits per heavy atom. The number of rotatable bonds is 3. The monoisotopic (exact) mass is 193 g/mol. The number of hydrogen-bond acceptors (Lipinski definition) is 1. The molecule has 1 rings (SSSR count). The molecule has 0 aliphatic heterocycles. The molecule has 1 aromatic carbocycles. The molecule has 0 heterocycles. The van der Waals surface area contributed by atoms with E-state index in [1.807, 2.05) is 13.8 Å². The van der Waals surface area contributed by atoms with Crippen LogP contribution in [0.15, 0.2) is 30.4 Å². The molecule has 0 spiro atoms. The van der Waals surface area contributed by atoms with Gasteiger partial charge in [0.05, 0.1) is 0 Å². The minimum atomic E-state index is -0.285. The molecule has 0 aromatic heterocycles. The highest BCUT2D eigenvalue weighted by Crippen LogP contribution is 2.21. The molecule has 0 saturated carbocycles. The number of hydrogen-bond donors (Lipinski definition) is 1. The van der Waals surface area contributed by atoms with Crippen molar-refractivity contribution in [2.45, 2.75) is 26.3 Å². The Bertz CT molecular complexity index is 344. The first-order valence-corrected chi connectivity index (χ1v) is 4.66. The third-order valence-corrected chi connectivity index (χ3v) is 2.12. The SMILES string of the molecule is C=C(C)C[C@H](N)c1cc(C)ccc1F. The summed E-state index contributed by atoms with van der Waals surface area (Å²) < 4.78 is 13.4. The highest BCUT2D eigenvalue weighted by molar-refractivity contribution is 5.27. The molecule has 0 aliphatic carbocycles. The van der Waals surface area contributed by atoms with Gasteiger partial charge in [0.1, 0.15) is 5.82 Å². The van der Waals surface area contributed by atoms with Crippen molar-refractivity contribution in [3.05, 3.63) is 47.3 Å². The van der Waals surface area contributed by atoms with Gasteiger partial charge in [-0.1, -0.05) is 23.3 Å². The van der Waals surface area contributed by atoms with Crippen LogP contribution in [-0.4, -0.2) is 0 Å². The fraction of sp³-hybridized carbons (Fsp3) is 0.333. The van der Waals surface area contributed by atoms with Crippen molar-refractivity contribution in [3.63, 3.8) is 0 Å². The van der Waals surface area contributed by atoms with Crippen LogP contribution in [0.4, 0.5) is 4.39 Å². The average molecular weight is 193 g/mol. The number of benzene rings is 1. The van der Waals surface area contributed by atoms with Gasteiger partial charge in [0.25, 0.3) is 0 Å². The molecule has 0 unspecified atom stereocenters. The fourth-order valence-electron chi connectivity index (χ4n) is 1.43. The summed E-state index contributed by atoms with van der Waals surface area (Å²) in [5.41, 5.74) is 8.44. The first kappa shape index (κ1) is 10.9. The Hall–Kier alpha value is -1.15. The van der Waals surface area contributed by atoms with Crippen molar-refractivity contribution >= 4 is 0 Å². The lowest BCUT2D eigenvalue weighted by Crippen LogP contribution is -2.12. The maximum atomic E-state index is 13.4. The van der Waals surface area contributed by atoms with Crippen LogP contribution in [0.1, 0.15) is 30.5 Å². The maximum absolute atomic E-state index is 13.4.